The van der Waals surface area contributed by atoms with E-state index in [1.807, 2.05) is 0 Å². The van der Waals surface area contributed by atoms with E-state index in [2.05, 4.69) is 0 Å². The van der Waals surface area contributed by atoms with Crippen LogP contribution in [0.25, 0.3) is 0 Å². The molecule has 0 radical (unpaired) electrons. The van der Waals surface area contributed by atoms with E-state index in [1.54, 1.807) is 0 Å². The number of carbonyl (C=O) groups is 1. The van der Waals surface area contributed by atoms with Gasteiger partial charge in [0.15, 0.2) is 16.3 Å². The Morgan fingerprint density at radius 3 is 2.08 bits per heavy atom. The summed E-state index contributed by atoms with van der Waals surface area (Å²) < 4.78 is 75.4. The number of hydrogen-bond acceptors (Lipinski definition) is 5. The summed E-state index contributed by atoms with van der Waals surface area (Å²) in [6.07, 6.45) is 0.919. The van der Waals surface area contributed by atoms with Crippen molar-refractivity contribution in [2.45, 2.75) is 50.0 Å². The molecule has 4 aliphatic rings. The molecule has 0 aromatic rings. The summed E-state index contributed by atoms with van der Waals surface area (Å²) in [4.78, 5) is 12.2. The predicted octanol–water partition coefficient (Wildman–Crippen LogP) is 2.47. The molecule has 4 fully saturated rings. The molecule has 4 rings (SSSR count). The largest absolute Gasteiger partial charge is 0.743 e. The second-order valence-corrected chi connectivity index (χ2v) is 8.85. The van der Waals surface area contributed by atoms with Crippen LogP contribution in [0.2, 0.25) is 0 Å². The van der Waals surface area contributed by atoms with E-state index >= 15 is 0 Å². The fourth-order valence-corrected chi connectivity index (χ4v) is 5.42. The second kappa shape index (κ2) is 6.16. The fourth-order valence-electron chi connectivity index (χ4n) is 4.99. The monoisotopic (exact) mass is 369 g/mol. The minimum Gasteiger partial charge on any atom is -0.743 e. The number of ether oxygens (including phenoxy) is 1. The first kappa shape index (κ1) is 18.0. The molecule has 4 saturated carbocycles. The van der Waals surface area contributed by atoms with E-state index in [9.17, 15) is 30.9 Å². The normalized spacial score (nSPS) is 36.6. The zero-order chi connectivity index (χ0) is 17.7. The van der Waals surface area contributed by atoms with E-state index < -0.39 is 40.5 Å². The summed E-state index contributed by atoms with van der Waals surface area (Å²) in [6, 6.07) is 0. The molecule has 0 N–H and O–H groups in total. The summed E-state index contributed by atoms with van der Waals surface area (Å²) in [5, 5.41) is -5.01. The third-order valence-corrected chi connectivity index (χ3v) is 6.73. The Kier molecular flexibility index (Phi) is 4.61. The average Bonchev–Trinajstić information content (AvgIpc) is 2.44. The Labute approximate surface area is 138 Å². The zero-order valence-corrected chi connectivity index (χ0v) is 13.8. The van der Waals surface area contributed by atoms with Crippen molar-refractivity contribution in [2.75, 3.05) is 6.61 Å². The average molecular weight is 369 g/mol. The molecule has 24 heavy (non-hydrogen) atoms. The number of carbonyl (C=O) groups excluding carboxylic acids is 1. The molecular formula is C15H20F3O5S-. The van der Waals surface area contributed by atoms with Crippen LogP contribution in [-0.2, 0) is 19.6 Å². The van der Waals surface area contributed by atoms with Crippen molar-refractivity contribution in [1.82, 2.24) is 0 Å². The van der Waals surface area contributed by atoms with Gasteiger partial charge in [0, 0.05) is 6.42 Å². The maximum atomic E-state index is 13.3. The lowest BCUT2D eigenvalue weighted by Gasteiger charge is -2.53. The third-order valence-electron chi connectivity index (χ3n) is 5.81. The Balaban J connectivity index is 1.52. The predicted molar refractivity (Wildman–Crippen MR) is 75.7 cm³/mol. The van der Waals surface area contributed by atoms with Gasteiger partial charge in [-0.2, -0.15) is 8.78 Å². The van der Waals surface area contributed by atoms with Crippen molar-refractivity contribution in [1.29, 1.82) is 0 Å². The van der Waals surface area contributed by atoms with Crippen LogP contribution < -0.4 is 0 Å². The van der Waals surface area contributed by atoms with E-state index in [0.29, 0.717) is 11.8 Å². The van der Waals surface area contributed by atoms with Crippen molar-refractivity contribution in [3.05, 3.63) is 0 Å². The zero-order valence-electron chi connectivity index (χ0n) is 13.0. The number of rotatable bonds is 6. The van der Waals surface area contributed by atoms with Crippen LogP contribution in [0, 0.1) is 29.6 Å². The number of hydrogen-bond donors (Lipinski definition) is 0. The van der Waals surface area contributed by atoms with Gasteiger partial charge in [-0.15, -0.1) is 0 Å². The standard InChI is InChI=1S/C15H21F3O5S/c16-12(15(17,18)24(20,21)22)1-2-23-14(19)13-10-4-8-3-9(6-10)7-11(13)5-8/h8-13H,1-7H2,(H,20,21,22)/p-1. The molecule has 0 aliphatic heterocycles. The fraction of sp³-hybridized carbons (Fsp3) is 0.933. The molecule has 0 aromatic carbocycles. The van der Waals surface area contributed by atoms with Gasteiger partial charge >= 0.3 is 11.2 Å². The summed E-state index contributed by atoms with van der Waals surface area (Å²) in [7, 11) is -6.09. The maximum absolute atomic E-state index is 13.3. The van der Waals surface area contributed by atoms with Gasteiger partial charge in [-0.3, -0.25) is 4.79 Å². The Morgan fingerprint density at radius 1 is 1.12 bits per heavy atom. The molecule has 4 bridgehead atoms. The highest BCUT2D eigenvalue weighted by atomic mass is 32.2. The Morgan fingerprint density at radius 2 is 1.62 bits per heavy atom. The van der Waals surface area contributed by atoms with Crippen molar-refractivity contribution < 1.29 is 35.7 Å². The van der Waals surface area contributed by atoms with E-state index in [4.69, 9.17) is 4.74 Å². The van der Waals surface area contributed by atoms with Gasteiger partial charge in [0.1, 0.15) is 0 Å². The van der Waals surface area contributed by atoms with Crippen molar-refractivity contribution in [3.8, 4) is 0 Å². The van der Waals surface area contributed by atoms with Crippen LogP contribution in [-0.4, -0.2) is 37.0 Å². The van der Waals surface area contributed by atoms with Crippen molar-refractivity contribution >= 4 is 16.1 Å². The topological polar surface area (TPSA) is 83.5 Å². The lowest BCUT2D eigenvalue weighted by atomic mass is 9.52. The van der Waals surface area contributed by atoms with Crippen LogP contribution in [0.3, 0.4) is 0 Å². The molecule has 138 valence electrons. The number of esters is 1. The lowest BCUT2D eigenvalue weighted by Crippen LogP contribution is -2.48. The quantitative estimate of drug-likeness (QED) is 0.530. The molecule has 0 spiro atoms. The molecule has 0 saturated heterocycles. The molecule has 0 amide bonds. The molecule has 1 unspecified atom stereocenters. The lowest BCUT2D eigenvalue weighted by molar-refractivity contribution is -0.163. The molecule has 0 heterocycles. The minimum absolute atomic E-state index is 0.249. The summed E-state index contributed by atoms with van der Waals surface area (Å²) in [5.41, 5.74) is 0. The van der Waals surface area contributed by atoms with Crippen LogP contribution in [0.1, 0.15) is 38.5 Å². The van der Waals surface area contributed by atoms with Crippen molar-refractivity contribution in [3.63, 3.8) is 0 Å². The smallest absolute Gasteiger partial charge is 0.364 e. The van der Waals surface area contributed by atoms with E-state index in [-0.39, 0.29) is 17.8 Å². The molecule has 5 nitrogen and oxygen atoms in total. The van der Waals surface area contributed by atoms with Gasteiger partial charge in [-0.25, -0.2) is 12.8 Å². The second-order valence-electron chi connectivity index (χ2n) is 7.40. The van der Waals surface area contributed by atoms with Crippen LogP contribution in [0.4, 0.5) is 13.2 Å². The van der Waals surface area contributed by atoms with E-state index in [0.717, 1.165) is 25.7 Å². The van der Waals surface area contributed by atoms with Gasteiger partial charge in [-0.05, 0) is 55.8 Å². The highest BCUT2D eigenvalue weighted by Crippen LogP contribution is 2.56. The summed E-state index contributed by atoms with van der Waals surface area (Å²) >= 11 is 0. The van der Waals surface area contributed by atoms with E-state index in [1.165, 1.54) is 6.42 Å². The first-order chi connectivity index (χ1) is 11.1. The third kappa shape index (κ3) is 3.16. The molecule has 4 aliphatic carbocycles. The van der Waals surface area contributed by atoms with Gasteiger partial charge < -0.3 is 9.29 Å². The van der Waals surface area contributed by atoms with Gasteiger partial charge in [0.05, 0.1) is 12.5 Å². The van der Waals surface area contributed by atoms with Gasteiger partial charge in [0.2, 0.25) is 0 Å². The number of halogens is 3. The first-order valence-electron chi connectivity index (χ1n) is 8.23. The molecular weight excluding hydrogens is 349 g/mol. The molecule has 0 aromatic heterocycles. The highest BCUT2D eigenvalue weighted by molar-refractivity contribution is 7.86. The van der Waals surface area contributed by atoms with Crippen LogP contribution in [0.15, 0.2) is 0 Å². The molecule has 9 heteroatoms. The maximum Gasteiger partial charge on any atom is 0.364 e. The molecule has 1 atom stereocenters. The van der Waals surface area contributed by atoms with Gasteiger partial charge in [-0.1, -0.05) is 0 Å². The first-order valence-corrected chi connectivity index (χ1v) is 9.64. The van der Waals surface area contributed by atoms with Crippen LogP contribution in [0.5, 0.6) is 0 Å². The summed E-state index contributed by atoms with van der Waals surface area (Å²) in [6.45, 7) is -0.659. The van der Waals surface area contributed by atoms with Crippen LogP contribution >= 0.6 is 0 Å². The van der Waals surface area contributed by atoms with Crippen molar-refractivity contribution in [2.24, 2.45) is 29.6 Å². The highest BCUT2D eigenvalue weighted by Gasteiger charge is 2.51. The summed E-state index contributed by atoms with van der Waals surface area (Å²) in [5.74, 6) is 1.04. The Hall–Kier alpha value is -0.830. The SMILES string of the molecule is O=C(OCCC(F)C(F)(F)S(=O)(=O)[O-])C1C2CC3CC(C2)CC1C3. The minimum atomic E-state index is -6.09. The Bertz CT molecular complexity index is 578. The van der Waals surface area contributed by atoms with Gasteiger partial charge in [0.25, 0.3) is 0 Å². The number of alkyl halides is 3.